The molecule has 0 saturated carbocycles. The summed E-state index contributed by atoms with van der Waals surface area (Å²) in [5, 5.41) is 41.5. The molecule has 0 radical (unpaired) electrons. The number of aromatic hydroxyl groups is 2. The summed E-state index contributed by atoms with van der Waals surface area (Å²) < 4.78 is 10.9. The van der Waals surface area contributed by atoms with Crippen molar-refractivity contribution >= 4 is 0 Å². The summed E-state index contributed by atoms with van der Waals surface area (Å²) >= 11 is 0. The van der Waals surface area contributed by atoms with Crippen LogP contribution in [0.15, 0.2) is 24.3 Å². The third kappa shape index (κ3) is 3.82. The molecule has 0 saturated heterocycles. The Bertz CT molecular complexity index is 817. The molecule has 6 nitrogen and oxygen atoms in total. The van der Waals surface area contributed by atoms with E-state index in [1.165, 1.54) is 14.2 Å². The second-order valence-electron chi connectivity index (χ2n) is 6.93. The van der Waals surface area contributed by atoms with Crippen LogP contribution >= 0.6 is 0 Å². The number of aliphatic hydroxyl groups is 2. The Hall–Kier alpha value is -2.44. The van der Waals surface area contributed by atoms with E-state index >= 15 is 0 Å². The normalized spacial score (nSPS) is 20.1. The molecule has 0 unspecified atom stereocenters. The zero-order chi connectivity index (χ0) is 19.6. The van der Waals surface area contributed by atoms with E-state index < -0.39 is 12.2 Å². The predicted octanol–water partition coefficient (Wildman–Crippen LogP) is 2.77. The second kappa shape index (κ2) is 8.06. The molecular weight excluding hydrogens is 348 g/mol. The second-order valence-corrected chi connectivity index (χ2v) is 6.93. The van der Waals surface area contributed by atoms with Gasteiger partial charge in [0.15, 0.2) is 11.5 Å². The number of phenols is 2. The van der Waals surface area contributed by atoms with Gasteiger partial charge in [-0.05, 0) is 48.6 Å². The highest BCUT2D eigenvalue weighted by Crippen LogP contribution is 2.48. The number of aryl methyl sites for hydroxylation is 1. The minimum Gasteiger partial charge on any atom is -0.507 e. The van der Waals surface area contributed by atoms with Gasteiger partial charge < -0.3 is 29.9 Å². The Morgan fingerprint density at radius 2 is 1.63 bits per heavy atom. The molecule has 1 aliphatic rings. The molecule has 2 atom stereocenters. The van der Waals surface area contributed by atoms with Gasteiger partial charge in [-0.1, -0.05) is 12.5 Å². The van der Waals surface area contributed by atoms with Crippen molar-refractivity contribution in [3.05, 3.63) is 35.4 Å². The summed E-state index contributed by atoms with van der Waals surface area (Å²) in [6.45, 7) is 0. The van der Waals surface area contributed by atoms with Crippen LogP contribution in [0, 0.1) is 0 Å². The Kier molecular flexibility index (Phi) is 5.77. The minimum absolute atomic E-state index is 0.0178. The van der Waals surface area contributed by atoms with E-state index in [0.717, 1.165) is 12.0 Å². The first-order valence-corrected chi connectivity index (χ1v) is 9.11. The first kappa shape index (κ1) is 19.3. The van der Waals surface area contributed by atoms with Crippen LogP contribution in [-0.2, 0) is 12.8 Å². The van der Waals surface area contributed by atoms with Crippen LogP contribution < -0.4 is 9.47 Å². The minimum atomic E-state index is -0.879. The smallest absolute Gasteiger partial charge is 0.203 e. The SMILES string of the molecule is COc1c2cc(c(O)c1OC)CCCC[C@H](O)[C@@H](O)Cc1ccc(O)c-2c1. The summed E-state index contributed by atoms with van der Waals surface area (Å²) in [6.07, 6.45) is 1.08. The van der Waals surface area contributed by atoms with E-state index in [9.17, 15) is 20.4 Å². The molecule has 0 amide bonds. The lowest BCUT2D eigenvalue weighted by Gasteiger charge is -2.19. The Morgan fingerprint density at radius 1 is 0.889 bits per heavy atom. The molecule has 2 aromatic carbocycles. The van der Waals surface area contributed by atoms with Crippen molar-refractivity contribution in [2.24, 2.45) is 0 Å². The van der Waals surface area contributed by atoms with Crippen molar-refractivity contribution in [2.75, 3.05) is 14.2 Å². The standard InChI is InChI=1S/C21H26O6/c1-26-20-15-11-13(19(25)21(20)27-2)5-3-4-6-17(23)18(24)10-12-7-8-16(22)14(15)9-12/h7-9,11,17-18,22-25H,3-6,10H2,1-2H3/t17-,18-/m0/s1. The van der Waals surface area contributed by atoms with Crippen molar-refractivity contribution in [3.8, 4) is 34.1 Å². The molecule has 0 fully saturated rings. The first-order valence-electron chi connectivity index (χ1n) is 9.11. The molecule has 0 spiro atoms. The Morgan fingerprint density at radius 3 is 2.33 bits per heavy atom. The lowest BCUT2D eigenvalue weighted by molar-refractivity contribution is 0.0138. The molecule has 0 aromatic heterocycles. The molecule has 1 aliphatic carbocycles. The summed E-state index contributed by atoms with van der Waals surface area (Å²) in [4.78, 5) is 0. The number of fused-ring (bicyclic) bond motifs is 5. The number of aliphatic hydroxyl groups excluding tert-OH is 2. The van der Waals surface area contributed by atoms with E-state index in [-0.39, 0.29) is 23.7 Å². The third-order valence-electron chi connectivity index (χ3n) is 5.13. The van der Waals surface area contributed by atoms with Crippen LogP contribution in [0.2, 0.25) is 0 Å². The molecule has 0 aliphatic heterocycles. The van der Waals surface area contributed by atoms with Gasteiger partial charge >= 0.3 is 0 Å². The van der Waals surface area contributed by atoms with Gasteiger partial charge in [-0.3, -0.25) is 0 Å². The zero-order valence-corrected chi connectivity index (χ0v) is 15.6. The van der Waals surface area contributed by atoms with Crippen LogP contribution in [0.4, 0.5) is 0 Å². The van der Waals surface area contributed by atoms with Gasteiger partial charge in [0.05, 0.1) is 26.4 Å². The fourth-order valence-electron chi connectivity index (χ4n) is 3.63. The number of hydrogen-bond acceptors (Lipinski definition) is 6. The molecule has 146 valence electrons. The van der Waals surface area contributed by atoms with Crippen LogP contribution in [0.25, 0.3) is 11.1 Å². The van der Waals surface area contributed by atoms with Gasteiger partial charge in [-0.2, -0.15) is 0 Å². The topological polar surface area (TPSA) is 99.4 Å². The highest BCUT2D eigenvalue weighted by Gasteiger charge is 2.24. The van der Waals surface area contributed by atoms with Crippen molar-refractivity contribution < 1.29 is 29.9 Å². The third-order valence-corrected chi connectivity index (χ3v) is 5.13. The Labute approximate surface area is 158 Å². The van der Waals surface area contributed by atoms with Gasteiger partial charge in [0.25, 0.3) is 0 Å². The number of rotatable bonds is 2. The van der Waals surface area contributed by atoms with Gasteiger partial charge in [0, 0.05) is 17.5 Å². The fourth-order valence-corrected chi connectivity index (χ4v) is 3.63. The molecule has 3 rings (SSSR count). The fraction of sp³-hybridized carbons (Fsp3) is 0.429. The van der Waals surface area contributed by atoms with Crippen LogP contribution in [-0.4, -0.2) is 46.9 Å². The molecule has 4 bridgehead atoms. The summed E-state index contributed by atoms with van der Waals surface area (Å²) in [5.41, 5.74) is 2.59. The van der Waals surface area contributed by atoms with Gasteiger partial charge in [0.2, 0.25) is 5.75 Å². The molecule has 4 N–H and O–H groups in total. The summed E-state index contributed by atoms with van der Waals surface area (Å²) in [6, 6.07) is 6.85. The lowest BCUT2D eigenvalue weighted by atomic mass is 9.95. The van der Waals surface area contributed by atoms with E-state index in [1.54, 1.807) is 24.3 Å². The number of methoxy groups -OCH3 is 2. The lowest BCUT2D eigenvalue weighted by Crippen LogP contribution is -2.27. The van der Waals surface area contributed by atoms with E-state index in [0.29, 0.717) is 41.7 Å². The van der Waals surface area contributed by atoms with Gasteiger partial charge in [0.1, 0.15) is 5.75 Å². The highest BCUT2D eigenvalue weighted by molar-refractivity contribution is 5.81. The maximum absolute atomic E-state index is 10.6. The monoisotopic (exact) mass is 374 g/mol. The number of hydrogen-bond donors (Lipinski definition) is 4. The summed E-state index contributed by atoms with van der Waals surface area (Å²) in [7, 11) is 2.94. The van der Waals surface area contributed by atoms with E-state index in [1.807, 2.05) is 0 Å². The van der Waals surface area contributed by atoms with Crippen LogP contribution in [0.5, 0.6) is 23.0 Å². The van der Waals surface area contributed by atoms with Crippen LogP contribution in [0.3, 0.4) is 0 Å². The molecule has 0 heterocycles. The average Bonchev–Trinajstić information content (AvgIpc) is 2.67. The number of ether oxygens (including phenoxy) is 2. The molecule has 27 heavy (non-hydrogen) atoms. The van der Waals surface area contributed by atoms with Crippen molar-refractivity contribution in [2.45, 2.75) is 44.3 Å². The number of phenolic OH excluding ortho intramolecular Hbond substituents is 2. The van der Waals surface area contributed by atoms with E-state index in [4.69, 9.17) is 9.47 Å². The largest absolute Gasteiger partial charge is 0.507 e. The predicted molar refractivity (Wildman–Crippen MR) is 102 cm³/mol. The maximum atomic E-state index is 10.6. The first-order chi connectivity index (χ1) is 13.0. The maximum Gasteiger partial charge on any atom is 0.203 e. The van der Waals surface area contributed by atoms with Gasteiger partial charge in [-0.15, -0.1) is 0 Å². The highest BCUT2D eigenvalue weighted by atomic mass is 16.5. The van der Waals surface area contributed by atoms with Crippen molar-refractivity contribution in [3.63, 3.8) is 0 Å². The van der Waals surface area contributed by atoms with Crippen molar-refractivity contribution in [1.82, 2.24) is 0 Å². The van der Waals surface area contributed by atoms with Crippen molar-refractivity contribution in [1.29, 1.82) is 0 Å². The van der Waals surface area contributed by atoms with E-state index in [2.05, 4.69) is 0 Å². The zero-order valence-electron chi connectivity index (χ0n) is 15.6. The average molecular weight is 374 g/mol. The number of benzene rings is 2. The molecule has 2 aromatic rings. The Balaban J connectivity index is 2.23. The molecular formula is C21H26O6. The van der Waals surface area contributed by atoms with Gasteiger partial charge in [-0.25, -0.2) is 0 Å². The summed E-state index contributed by atoms with van der Waals surface area (Å²) in [5.74, 6) is 0.635. The van der Waals surface area contributed by atoms with Crippen LogP contribution in [0.1, 0.15) is 30.4 Å². The molecule has 6 heteroatoms. The quantitative estimate of drug-likeness (QED) is 0.645.